The zero-order valence-corrected chi connectivity index (χ0v) is 9.80. The van der Waals surface area contributed by atoms with Crippen LogP contribution in [0.2, 0.25) is 0 Å². The monoisotopic (exact) mass is 184 g/mol. The van der Waals surface area contributed by atoms with Crippen LogP contribution < -0.4 is 0 Å². The van der Waals surface area contributed by atoms with Crippen molar-refractivity contribution in [2.45, 2.75) is 27.2 Å². The summed E-state index contributed by atoms with van der Waals surface area (Å²) in [6, 6.07) is 0. The second-order valence-corrected chi connectivity index (χ2v) is 4.11. The molecule has 0 aromatic carbocycles. The van der Waals surface area contributed by atoms with Gasteiger partial charge in [-0.05, 0) is 12.3 Å². The molecule has 2 nitrogen and oxygen atoms in total. The van der Waals surface area contributed by atoms with E-state index in [0.29, 0.717) is 5.92 Å². The molecule has 0 spiro atoms. The van der Waals surface area contributed by atoms with Crippen LogP contribution in [-0.2, 0) is 0 Å². The molecule has 0 atom stereocenters. The Morgan fingerprint density at radius 2 is 1.77 bits per heavy atom. The van der Waals surface area contributed by atoms with Crippen LogP contribution in [0.4, 0.5) is 0 Å². The largest absolute Gasteiger partial charge is 0.362 e. The SMILES string of the molecule is C=C(N(C)CCC)N(C)CC(C)C. The minimum Gasteiger partial charge on any atom is -0.362 e. The first kappa shape index (κ1) is 12.3. The molecule has 0 bridgehead atoms. The molecule has 0 unspecified atom stereocenters. The van der Waals surface area contributed by atoms with E-state index in [0.717, 1.165) is 18.9 Å². The molecule has 2 heteroatoms. The van der Waals surface area contributed by atoms with Crippen LogP contribution in [0.1, 0.15) is 27.2 Å². The average Bonchev–Trinajstić information content (AvgIpc) is 2.02. The Morgan fingerprint density at radius 1 is 1.23 bits per heavy atom. The molecular formula is C11H24N2. The number of hydrogen-bond acceptors (Lipinski definition) is 2. The van der Waals surface area contributed by atoms with Crippen molar-refractivity contribution < 1.29 is 0 Å². The Bertz CT molecular complexity index is 152. The molecule has 0 radical (unpaired) electrons. The van der Waals surface area contributed by atoms with E-state index in [4.69, 9.17) is 0 Å². The van der Waals surface area contributed by atoms with Gasteiger partial charge in [0.05, 0.1) is 5.82 Å². The molecule has 0 aromatic heterocycles. The van der Waals surface area contributed by atoms with E-state index in [1.54, 1.807) is 0 Å². The van der Waals surface area contributed by atoms with Gasteiger partial charge in [-0.25, -0.2) is 0 Å². The third-order valence-corrected chi connectivity index (χ3v) is 2.08. The fourth-order valence-electron chi connectivity index (χ4n) is 1.41. The molecule has 78 valence electrons. The van der Waals surface area contributed by atoms with Crippen LogP contribution >= 0.6 is 0 Å². The molecule has 0 amide bonds. The van der Waals surface area contributed by atoms with E-state index < -0.39 is 0 Å². The smallest absolute Gasteiger partial charge is 0.0959 e. The Kier molecular flexibility index (Phi) is 5.60. The van der Waals surface area contributed by atoms with Gasteiger partial charge in [-0.3, -0.25) is 0 Å². The van der Waals surface area contributed by atoms with E-state index in [1.165, 1.54) is 6.42 Å². The van der Waals surface area contributed by atoms with Crippen molar-refractivity contribution in [1.82, 2.24) is 9.80 Å². The third kappa shape index (κ3) is 4.81. The van der Waals surface area contributed by atoms with E-state index >= 15 is 0 Å². The summed E-state index contributed by atoms with van der Waals surface area (Å²) in [6.45, 7) is 12.9. The number of rotatable bonds is 6. The van der Waals surface area contributed by atoms with E-state index in [2.05, 4.69) is 51.2 Å². The zero-order valence-electron chi connectivity index (χ0n) is 9.80. The van der Waals surface area contributed by atoms with Gasteiger partial charge in [0.25, 0.3) is 0 Å². The van der Waals surface area contributed by atoms with Gasteiger partial charge < -0.3 is 9.80 Å². The molecule has 0 rings (SSSR count). The zero-order chi connectivity index (χ0) is 10.4. The third-order valence-electron chi connectivity index (χ3n) is 2.08. The van der Waals surface area contributed by atoms with Crippen molar-refractivity contribution in [1.29, 1.82) is 0 Å². The maximum absolute atomic E-state index is 4.08. The minimum absolute atomic E-state index is 0.691. The van der Waals surface area contributed by atoms with E-state index in [9.17, 15) is 0 Å². The van der Waals surface area contributed by atoms with Gasteiger partial charge in [-0.1, -0.05) is 27.4 Å². The quantitative estimate of drug-likeness (QED) is 0.625. The minimum atomic E-state index is 0.691. The highest BCUT2D eigenvalue weighted by atomic mass is 15.3. The number of hydrogen-bond donors (Lipinski definition) is 0. The molecular weight excluding hydrogens is 160 g/mol. The van der Waals surface area contributed by atoms with Gasteiger partial charge in [0.1, 0.15) is 0 Å². The summed E-state index contributed by atoms with van der Waals surface area (Å²) in [5.74, 6) is 1.81. The summed E-state index contributed by atoms with van der Waals surface area (Å²) in [6.07, 6.45) is 1.17. The predicted octanol–water partition coefficient (Wildman–Crippen LogP) is 2.39. The van der Waals surface area contributed by atoms with Gasteiger partial charge >= 0.3 is 0 Å². The second kappa shape index (κ2) is 5.90. The fraction of sp³-hybridized carbons (Fsp3) is 0.818. The standard InChI is InChI=1S/C11H24N2/c1-7-8-12(5)11(4)13(6)9-10(2)3/h10H,4,7-9H2,1-3,5-6H3. The molecule has 0 aromatic rings. The predicted molar refractivity (Wildman–Crippen MR) is 59.5 cm³/mol. The van der Waals surface area contributed by atoms with Crippen molar-refractivity contribution in [2.24, 2.45) is 5.92 Å². The first-order valence-electron chi connectivity index (χ1n) is 5.10. The first-order valence-corrected chi connectivity index (χ1v) is 5.10. The lowest BCUT2D eigenvalue weighted by molar-refractivity contribution is 0.251. The summed E-state index contributed by atoms with van der Waals surface area (Å²) in [7, 11) is 4.21. The van der Waals surface area contributed by atoms with Crippen LogP contribution in [-0.4, -0.2) is 37.0 Å². The fourth-order valence-corrected chi connectivity index (χ4v) is 1.41. The van der Waals surface area contributed by atoms with Crippen LogP contribution in [0.15, 0.2) is 12.4 Å². The van der Waals surface area contributed by atoms with Gasteiger partial charge in [0, 0.05) is 27.2 Å². The highest BCUT2D eigenvalue weighted by Gasteiger charge is 2.07. The van der Waals surface area contributed by atoms with Crippen molar-refractivity contribution in [3.8, 4) is 0 Å². The molecule has 0 N–H and O–H groups in total. The Hall–Kier alpha value is -0.660. The highest BCUT2D eigenvalue weighted by Crippen LogP contribution is 2.07. The summed E-state index contributed by atoms with van der Waals surface area (Å²) in [4.78, 5) is 4.43. The van der Waals surface area contributed by atoms with Gasteiger partial charge in [0.2, 0.25) is 0 Å². The maximum atomic E-state index is 4.08. The van der Waals surface area contributed by atoms with E-state index in [-0.39, 0.29) is 0 Å². The summed E-state index contributed by atoms with van der Waals surface area (Å²) < 4.78 is 0. The van der Waals surface area contributed by atoms with Crippen molar-refractivity contribution in [3.05, 3.63) is 12.4 Å². The van der Waals surface area contributed by atoms with E-state index in [1.807, 2.05) is 0 Å². The molecule has 0 aliphatic heterocycles. The van der Waals surface area contributed by atoms with Crippen LogP contribution in [0, 0.1) is 5.92 Å². The van der Waals surface area contributed by atoms with Crippen LogP contribution in [0.3, 0.4) is 0 Å². The van der Waals surface area contributed by atoms with Crippen LogP contribution in [0.25, 0.3) is 0 Å². The molecule has 0 aliphatic rings. The summed E-state index contributed by atoms with van der Waals surface area (Å²) >= 11 is 0. The Balaban J connectivity index is 3.94. The maximum Gasteiger partial charge on any atom is 0.0959 e. The second-order valence-electron chi connectivity index (χ2n) is 4.11. The Morgan fingerprint density at radius 3 is 2.15 bits per heavy atom. The van der Waals surface area contributed by atoms with Crippen molar-refractivity contribution in [3.63, 3.8) is 0 Å². The average molecular weight is 184 g/mol. The van der Waals surface area contributed by atoms with Crippen molar-refractivity contribution >= 4 is 0 Å². The summed E-state index contributed by atoms with van der Waals surface area (Å²) in [5.41, 5.74) is 0. The lowest BCUT2D eigenvalue weighted by Gasteiger charge is -2.30. The van der Waals surface area contributed by atoms with Crippen molar-refractivity contribution in [2.75, 3.05) is 27.2 Å². The molecule has 0 fully saturated rings. The van der Waals surface area contributed by atoms with Gasteiger partial charge in [0.15, 0.2) is 0 Å². The number of nitrogens with zero attached hydrogens (tertiary/aromatic N) is 2. The summed E-state index contributed by atoms with van der Waals surface area (Å²) in [5, 5.41) is 0. The first-order chi connectivity index (χ1) is 5.99. The van der Waals surface area contributed by atoms with Gasteiger partial charge in [-0.2, -0.15) is 0 Å². The molecule has 0 saturated carbocycles. The molecule has 0 aliphatic carbocycles. The molecule has 13 heavy (non-hydrogen) atoms. The highest BCUT2D eigenvalue weighted by molar-refractivity contribution is 4.90. The lowest BCUT2D eigenvalue weighted by Crippen LogP contribution is -2.32. The molecule has 0 heterocycles. The van der Waals surface area contributed by atoms with Crippen LogP contribution in [0.5, 0.6) is 0 Å². The molecule has 0 saturated heterocycles. The topological polar surface area (TPSA) is 6.48 Å². The van der Waals surface area contributed by atoms with Gasteiger partial charge in [-0.15, -0.1) is 0 Å². The Labute approximate surface area is 83.2 Å². The normalized spacial score (nSPS) is 10.3. The lowest BCUT2D eigenvalue weighted by atomic mass is 10.2.